The first-order chi connectivity index (χ1) is 16.6. The van der Waals surface area contributed by atoms with E-state index in [9.17, 15) is 9.59 Å². The third-order valence-electron chi connectivity index (χ3n) is 5.09. The predicted octanol–water partition coefficient (Wildman–Crippen LogP) is 3.09. The lowest BCUT2D eigenvalue weighted by atomic mass is 10.2. The molecular weight excluding hydrogens is 450 g/mol. The van der Waals surface area contributed by atoms with E-state index in [1.165, 1.54) is 15.9 Å². The van der Waals surface area contributed by atoms with Gasteiger partial charge in [-0.3, -0.25) is 14.6 Å². The van der Waals surface area contributed by atoms with Crippen molar-refractivity contribution in [1.82, 2.24) is 19.6 Å². The molecule has 1 N–H and O–H groups in total. The van der Waals surface area contributed by atoms with Crippen LogP contribution in [0.25, 0.3) is 22.4 Å². The maximum Gasteiger partial charge on any atom is 0.291 e. The van der Waals surface area contributed by atoms with Gasteiger partial charge in [-0.1, -0.05) is 41.7 Å². The molecule has 168 valence electrons. The summed E-state index contributed by atoms with van der Waals surface area (Å²) in [4.78, 5) is 33.9. The fraction of sp³-hybridized carbons (Fsp3) is 0.0800. The average molecular weight is 470 g/mol. The van der Waals surface area contributed by atoms with Crippen LogP contribution in [0.4, 0.5) is 5.69 Å². The summed E-state index contributed by atoms with van der Waals surface area (Å²) in [5.41, 5.74) is 3.16. The monoisotopic (exact) mass is 469 g/mol. The van der Waals surface area contributed by atoms with Gasteiger partial charge in [0, 0.05) is 23.6 Å². The van der Waals surface area contributed by atoms with Crippen LogP contribution in [-0.4, -0.2) is 32.1 Å². The van der Waals surface area contributed by atoms with Crippen molar-refractivity contribution in [3.8, 4) is 17.1 Å². The lowest BCUT2D eigenvalue weighted by molar-refractivity contribution is -0.118. The van der Waals surface area contributed by atoms with E-state index in [4.69, 9.17) is 4.74 Å². The van der Waals surface area contributed by atoms with E-state index < -0.39 is 0 Å². The molecule has 0 aliphatic rings. The van der Waals surface area contributed by atoms with Crippen LogP contribution in [0.3, 0.4) is 0 Å². The first kappa shape index (κ1) is 21.5. The second-order valence-electron chi connectivity index (χ2n) is 7.50. The molecule has 5 aromatic rings. The number of nitrogens with zero attached hydrogens (tertiary/aromatic N) is 4. The molecule has 0 spiro atoms. The molecule has 0 saturated carbocycles. The quantitative estimate of drug-likeness (QED) is 0.410. The van der Waals surface area contributed by atoms with Crippen LogP contribution in [0.2, 0.25) is 0 Å². The van der Waals surface area contributed by atoms with Crippen molar-refractivity contribution in [1.29, 1.82) is 0 Å². The maximum atomic E-state index is 12.8. The average Bonchev–Trinajstić information content (AvgIpc) is 3.40. The number of carbonyl (C=O) groups excluding carboxylic acids is 1. The van der Waals surface area contributed by atoms with Gasteiger partial charge in [-0.05, 0) is 54.5 Å². The van der Waals surface area contributed by atoms with Gasteiger partial charge in [-0.25, -0.2) is 0 Å². The van der Waals surface area contributed by atoms with Gasteiger partial charge in [-0.2, -0.15) is 9.50 Å². The minimum atomic E-state index is -0.235. The van der Waals surface area contributed by atoms with Crippen LogP contribution in [0.5, 0.6) is 5.75 Å². The van der Waals surface area contributed by atoms with Gasteiger partial charge in [-0.15, -0.1) is 5.10 Å². The van der Waals surface area contributed by atoms with Crippen molar-refractivity contribution in [2.75, 3.05) is 11.9 Å². The zero-order valence-corrected chi connectivity index (χ0v) is 19.0. The van der Waals surface area contributed by atoms with Crippen molar-refractivity contribution in [3.05, 3.63) is 99.1 Å². The number of amides is 1. The zero-order chi connectivity index (χ0) is 23.5. The molecule has 34 heavy (non-hydrogen) atoms. The van der Waals surface area contributed by atoms with Gasteiger partial charge < -0.3 is 10.1 Å². The number of benzene rings is 2. The van der Waals surface area contributed by atoms with E-state index in [0.717, 1.165) is 22.4 Å². The summed E-state index contributed by atoms with van der Waals surface area (Å²) in [6, 6.07) is 18.3. The molecule has 8 nitrogen and oxygen atoms in total. The highest BCUT2D eigenvalue weighted by Crippen LogP contribution is 2.16. The Kier molecular flexibility index (Phi) is 5.84. The minimum absolute atomic E-state index is 0.101. The number of para-hydroxylation sites is 1. The molecule has 1 amide bonds. The number of pyridine rings is 1. The number of carbonyl (C=O) groups is 1. The van der Waals surface area contributed by atoms with Crippen molar-refractivity contribution >= 4 is 34.0 Å². The van der Waals surface area contributed by atoms with E-state index >= 15 is 0 Å². The number of thiazole rings is 1. The SMILES string of the molecule is Cc1ccccc1NC(=O)COc1ccc(/C=c2\sc3nc(-c4ccncc4)nn3c2=O)cc1. The molecule has 0 bridgehead atoms. The smallest absolute Gasteiger partial charge is 0.291 e. The molecular formula is C25H19N5O3S. The largest absolute Gasteiger partial charge is 0.484 e. The summed E-state index contributed by atoms with van der Waals surface area (Å²) in [7, 11) is 0. The van der Waals surface area contributed by atoms with Crippen molar-refractivity contribution in [3.63, 3.8) is 0 Å². The number of hydrogen-bond donors (Lipinski definition) is 1. The van der Waals surface area contributed by atoms with E-state index in [1.54, 1.807) is 42.7 Å². The van der Waals surface area contributed by atoms with Crippen molar-refractivity contribution < 1.29 is 9.53 Å². The highest BCUT2D eigenvalue weighted by Gasteiger charge is 2.12. The fourth-order valence-corrected chi connectivity index (χ4v) is 4.22. The molecule has 0 radical (unpaired) electrons. The Morgan fingerprint density at radius 2 is 1.85 bits per heavy atom. The molecule has 0 aliphatic heterocycles. The van der Waals surface area contributed by atoms with Gasteiger partial charge in [0.15, 0.2) is 12.4 Å². The van der Waals surface area contributed by atoms with E-state index in [1.807, 2.05) is 43.3 Å². The Morgan fingerprint density at radius 3 is 2.59 bits per heavy atom. The molecule has 9 heteroatoms. The first-order valence-electron chi connectivity index (χ1n) is 10.5. The topological polar surface area (TPSA) is 98.5 Å². The van der Waals surface area contributed by atoms with Gasteiger partial charge in [0.1, 0.15) is 5.75 Å². The molecule has 0 unspecified atom stereocenters. The zero-order valence-electron chi connectivity index (χ0n) is 18.1. The van der Waals surface area contributed by atoms with Crippen molar-refractivity contribution in [2.24, 2.45) is 0 Å². The second kappa shape index (κ2) is 9.24. The highest BCUT2D eigenvalue weighted by atomic mass is 32.1. The number of aromatic nitrogens is 4. The van der Waals surface area contributed by atoms with Crippen LogP contribution in [0.1, 0.15) is 11.1 Å². The highest BCUT2D eigenvalue weighted by molar-refractivity contribution is 7.15. The summed E-state index contributed by atoms with van der Waals surface area (Å²) in [5.74, 6) is 0.816. The molecule has 0 atom stereocenters. The van der Waals surface area contributed by atoms with Crippen LogP contribution in [0.15, 0.2) is 77.9 Å². The van der Waals surface area contributed by atoms with E-state index in [-0.39, 0.29) is 18.1 Å². The van der Waals surface area contributed by atoms with E-state index in [2.05, 4.69) is 20.4 Å². The molecule has 2 aromatic carbocycles. The number of ether oxygens (including phenoxy) is 1. The number of anilines is 1. The lowest BCUT2D eigenvalue weighted by Gasteiger charge is -2.09. The third-order valence-corrected chi connectivity index (χ3v) is 6.05. The maximum absolute atomic E-state index is 12.8. The van der Waals surface area contributed by atoms with Crippen LogP contribution in [-0.2, 0) is 4.79 Å². The molecule has 0 aliphatic carbocycles. The molecule has 3 heterocycles. The van der Waals surface area contributed by atoms with E-state index in [0.29, 0.717) is 21.1 Å². The van der Waals surface area contributed by atoms with Gasteiger partial charge in [0.2, 0.25) is 4.96 Å². The predicted molar refractivity (Wildman–Crippen MR) is 131 cm³/mol. The Balaban J connectivity index is 1.27. The summed E-state index contributed by atoms with van der Waals surface area (Å²) in [6.45, 7) is 1.83. The first-order valence-corrected chi connectivity index (χ1v) is 11.3. The lowest BCUT2D eigenvalue weighted by Crippen LogP contribution is -2.23. The molecule has 5 rings (SSSR count). The summed E-state index contributed by atoms with van der Waals surface area (Å²) in [6.07, 6.45) is 5.10. The fourth-order valence-electron chi connectivity index (χ4n) is 3.32. The summed E-state index contributed by atoms with van der Waals surface area (Å²) < 4.78 is 7.43. The van der Waals surface area contributed by atoms with Crippen LogP contribution in [0, 0.1) is 6.92 Å². The minimum Gasteiger partial charge on any atom is -0.484 e. The number of nitrogens with one attached hydrogen (secondary N) is 1. The molecule has 3 aromatic heterocycles. The Hall–Kier alpha value is -4.37. The van der Waals surface area contributed by atoms with Gasteiger partial charge in [0.25, 0.3) is 11.5 Å². The standard InChI is InChI=1S/C25H19N5O3S/c1-16-4-2-3-5-20(16)27-22(31)15-33-19-8-6-17(7-9-19)14-21-24(32)30-25(34-21)28-23(29-30)18-10-12-26-13-11-18/h2-14H,15H2,1H3,(H,27,31)/b21-14-. The third kappa shape index (κ3) is 4.55. The van der Waals surface area contributed by atoms with Crippen LogP contribution >= 0.6 is 11.3 Å². The number of rotatable bonds is 6. The second-order valence-corrected chi connectivity index (χ2v) is 8.51. The molecule has 0 saturated heterocycles. The summed E-state index contributed by atoms with van der Waals surface area (Å²) >= 11 is 1.28. The van der Waals surface area contributed by atoms with Gasteiger partial charge >= 0.3 is 0 Å². The number of hydrogen-bond acceptors (Lipinski definition) is 7. The number of fused-ring (bicyclic) bond motifs is 1. The Morgan fingerprint density at radius 1 is 1.09 bits per heavy atom. The summed E-state index contributed by atoms with van der Waals surface area (Å²) in [5, 5.41) is 7.17. The molecule has 0 fully saturated rings. The number of aryl methyl sites for hydroxylation is 1. The van der Waals surface area contributed by atoms with Gasteiger partial charge in [0.05, 0.1) is 4.53 Å². The Bertz CT molecular complexity index is 1580. The van der Waals surface area contributed by atoms with Crippen LogP contribution < -0.4 is 20.1 Å². The normalized spacial score (nSPS) is 11.6. The Labute approximate surface area is 198 Å². The van der Waals surface area contributed by atoms with Crippen molar-refractivity contribution in [2.45, 2.75) is 6.92 Å².